The number of carbonyl (C=O) groups is 1. The van der Waals surface area contributed by atoms with Crippen LogP contribution in [0.5, 0.6) is 0 Å². The zero-order valence-corrected chi connectivity index (χ0v) is 15.9. The Bertz CT molecular complexity index is 1130. The molecule has 1 saturated carbocycles. The van der Waals surface area contributed by atoms with Gasteiger partial charge in [0, 0.05) is 36.5 Å². The van der Waals surface area contributed by atoms with Gasteiger partial charge in [0.1, 0.15) is 6.54 Å². The van der Waals surface area contributed by atoms with Gasteiger partial charge in [-0.15, -0.1) is 0 Å². The van der Waals surface area contributed by atoms with Crippen LogP contribution in [0.25, 0.3) is 10.8 Å². The molecule has 0 atom stereocenters. The molecule has 1 aliphatic carbocycles. The fourth-order valence-electron chi connectivity index (χ4n) is 4.19. The van der Waals surface area contributed by atoms with Crippen LogP contribution in [0.1, 0.15) is 41.4 Å². The molecule has 0 saturated heterocycles. The molecule has 1 aromatic carbocycles. The van der Waals surface area contributed by atoms with E-state index < -0.39 is 0 Å². The molecule has 0 bridgehead atoms. The molecule has 0 radical (unpaired) electrons. The van der Waals surface area contributed by atoms with Gasteiger partial charge in [0.25, 0.3) is 5.56 Å². The Morgan fingerprint density at radius 1 is 1.18 bits per heavy atom. The molecule has 1 N–H and O–H groups in total. The summed E-state index contributed by atoms with van der Waals surface area (Å²) in [5, 5.41) is 13.5. The lowest BCUT2D eigenvalue weighted by atomic mass is 10.1. The molecule has 7 heteroatoms. The molecule has 1 aliphatic heterocycles. The van der Waals surface area contributed by atoms with E-state index in [0.717, 1.165) is 29.6 Å². The molecule has 28 heavy (non-hydrogen) atoms. The van der Waals surface area contributed by atoms with E-state index in [1.807, 2.05) is 30.0 Å². The molecule has 3 aromatic rings. The fraction of sp³-hybridized carbons (Fsp3) is 0.429. The van der Waals surface area contributed by atoms with Crippen molar-refractivity contribution in [1.82, 2.24) is 24.9 Å². The summed E-state index contributed by atoms with van der Waals surface area (Å²) < 4.78 is 1.31. The number of H-pyrrole nitrogens is 1. The number of aromatic amines is 1. The third-order valence-corrected chi connectivity index (χ3v) is 5.90. The van der Waals surface area contributed by atoms with Crippen LogP contribution in [0, 0.1) is 6.92 Å². The predicted octanol–water partition coefficient (Wildman–Crippen LogP) is 1.93. The molecule has 1 amide bonds. The lowest BCUT2D eigenvalue weighted by Crippen LogP contribution is -2.39. The van der Waals surface area contributed by atoms with Gasteiger partial charge in [-0.1, -0.05) is 18.2 Å². The maximum Gasteiger partial charge on any atom is 0.275 e. The normalized spacial score (nSPS) is 16.8. The zero-order valence-electron chi connectivity index (χ0n) is 15.9. The van der Waals surface area contributed by atoms with E-state index in [9.17, 15) is 9.59 Å². The summed E-state index contributed by atoms with van der Waals surface area (Å²) in [5.41, 5.74) is 4.21. The quantitative estimate of drug-likeness (QED) is 0.756. The monoisotopic (exact) mass is 377 g/mol. The van der Waals surface area contributed by atoms with Crippen molar-refractivity contribution >= 4 is 16.7 Å². The van der Waals surface area contributed by atoms with E-state index in [-0.39, 0.29) is 18.0 Å². The van der Waals surface area contributed by atoms with Crippen molar-refractivity contribution in [1.29, 1.82) is 0 Å². The topological polar surface area (TPSA) is 83.9 Å². The molecular formula is C21H23N5O2. The average molecular weight is 377 g/mol. The Morgan fingerprint density at radius 2 is 1.93 bits per heavy atom. The Kier molecular flexibility index (Phi) is 4.03. The van der Waals surface area contributed by atoms with E-state index in [0.29, 0.717) is 24.4 Å². The highest BCUT2D eigenvalue weighted by atomic mass is 16.2. The molecule has 3 heterocycles. The van der Waals surface area contributed by atoms with Gasteiger partial charge in [0.05, 0.1) is 16.8 Å². The van der Waals surface area contributed by atoms with Gasteiger partial charge in [-0.3, -0.25) is 14.7 Å². The van der Waals surface area contributed by atoms with Gasteiger partial charge in [-0.25, -0.2) is 4.68 Å². The highest BCUT2D eigenvalue weighted by Crippen LogP contribution is 2.41. The third-order valence-electron chi connectivity index (χ3n) is 5.90. The van der Waals surface area contributed by atoms with Crippen molar-refractivity contribution in [3.8, 4) is 0 Å². The van der Waals surface area contributed by atoms with Crippen molar-refractivity contribution < 1.29 is 4.79 Å². The first-order valence-corrected chi connectivity index (χ1v) is 9.92. The average Bonchev–Trinajstić information content (AvgIpc) is 3.50. The van der Waals surface area contributed by atoms with Crippen molar-refractivity contribution in [2.75, 3.05) is 13.1 Å². The first-order chi connectivity index (χ1) is 13.6. The standard InChI is InChI=1S/C21H23N5O2/c1-13-15-4-2-3-5-16(15)21(28)26(24-13)12-19(27)25-10-8-17-18(9-11-25)22-23-20(17)14-6-7-14/h2-5,14H,6-12H2,1H3,(H,22,23). The van der Waals surface area contributed by atoms with E-state index in [2.05, 4.69) is 15.3 Å². The predicted molar refractivity (Wildman–Crippen MR) is 105 cm³/mol. The summed E-state index contributed by atoms with van der Waals surface area (Å²) in [6.45, 7) is 3.14. The number of amides is 1. The molecular weight excluding hydrogens is 354 g/mol. The second-order valence-electron chi connectivity index (χ2n) is 7.81. The number of carbonyl (C=O) groups excluding carboxylic acids is 1. The minimum absolute atomic E-state index is 0.0217. The number of rotatable bonds is 3. The number of hydrogen-bond acceptors (Lipinski definition) is 4. The van der Waals surface area contributed by atoms with Crippen LogP contribution in [0.2, 0.25) is 0 Å². The van der Waals surface area contributed by atoms with E-state index in [1.165, 1.54) is 28.8 Å². The second kappa shape index (κ2) is 6.58. The van der Waals surface area contributed by atoms with Crippen LogP contribution in [0.3, 0.4) is 0 Å². The minimum Gasteiger partial charge on any atom is -0.340 e. The van der Waals surface area contributed by atoms with Crippen molar-refractivity contribution in [3.63, 3.8) is 0 Å². The number of hydrogen-bond donors (Lipinski definition) is 1. The third kappa shape index (κ3) is 2.91. The van der Waals surface area contributed by atoms with Crippen LogP contribution in [0.4, 0.5) is 0 Å². The maximum absolute atomic E-state index is 12.9. The minimum atomic E-state index is -0.213. The van der Waals surface area contributed by atoms with Crippen molar-refractivity contribution in [2.24, 2.45) is 0 Å². The molecule has 2 aromatic heterocycles. The maximum atomic E-state index is 12.9. The second-order valence-corrected chi connectivity index (χ2v) is 7.81. The summed E-state index contributed by atoms with van der Waals surface area (Å²) in [7, 11) is 0. The summed E-state index contributed by atoms with van der Waals surface area (Å²) >= 11 is 0. The molecule has 144 valence electrons. The van der Waals surface area contributed by atoms with Gasteiger partial charge < -0.3 is 4.90 Å². The molecule has 7 nitrogen and oxygen atoms in total. The highest BCUT2D eigenvalue weighted by Gasteiger charge is 2.31. The van der Waals surface area contributed by atoms with Gasteiger partial charge in [-0.05, 0) is 37.8 Å². The highest BCUT2D eigenvalue weighted by molar-refractivity contribution is 5.83. The summed E-state index contributed by atoms with van der Waals surface area (Å²) in [6, 6.07) is 7.41. The molecule has 2 aliphatic rings. The molecule has 0 spiro atoms. The lowest BCUT2D eigenvalue weighted by molar-refractivity contribution is -0.132. The Balaban J connectivity index is 1.36. The SMILES string of the molecule is Cc1nn(CC(=O)N2CCc3[nH]nc(C4CC4)c3CC2)c(=O)c2ccccc12. The van der Waals surface area contributed by atoms with Gasteiger partial charge in [0.2, 0.25) is 5.91 Å². The van der Waals surface area contributed by atoms with Gasteiger partial charge >= 0.3 is 0 Å². The summed E-state index contributed by atoms with van der Waals surface area (Å²) in [6.07, 6.45) is 4.04. The van der Waals surface area contributed by atoms with Crippen LogP contribution in [-0.4, -0.2) is 43.9 Å². The molecule has 1 fully saturated rings. The van der Waals surface area contributed by atoms with Gasteiger partial charge in [-0.2, -0.15) is 10.2 Å². The number of nitrogens with zero attached hydrogens (tertiary/aromatic N) is 4. The summed E-state index contributed by atoms with van der Waals surface area (Å²) in [5.74, 6) is 0.543. The first-order valence-electron chi connectivity index (χ1n) is 9.92. The number of benzene rings is 1. The number of aryl methyl sites for hydroxylation is 1. The number of nitrogens with one attached hydrogen (secondary N) is 1. The van der Waals surface area contributed by atoms with Crippen molar-refractivity contribution in [3.05, 3.63) is 57.3 Å². The fourth-order valence-corrected chi connectivity index (χ4v) is 4.19. The van der Waals surface area contributed by atoms with E-state index in [1.54, 1.807) is 6.07 Å². The largest absolute Gasteiger partial charge is 0.340 e. The van der Waals surface area contributed by atoms with E-state index in [4.69, 9.17) is 0 Å². The zero-order chi connectivity index (χ0) is 19.3. The van der Waals surface area contributed by atoms with Crippen molar-refractivity contribution in [2.45, 2.75) is 45.1 Å². The van der Waals surface area contributed by atoms with E-state index >= 15 is 0 Å². The Labute approximate surface area is 162 Å². The van der Waals surface area contributed by atoms with Gasteiger partial charge in [0.15, 0.2) is 0 Å². The Hall–Kier alpha value is -2.96. The van der Waals surface area contributed by atoms with Crippen LogP contribution in [0.15, 0.2) is 29.1 Å². The van der Waals surface area contributed by atoms with Crippen LogP contribution in [-0.2, 0) is 24.2 Å². The molecule has 5 rings (SSSR count). The number of fused-ring (bicyclic) bond motifs is 2. The van der Waals surface area contributed by atoms with Crippen LogP contribution >= 0.6 is 0 Å². The first kappa shape index (κ1) is 17.2. The smallest absolute Gasteiger partial charge is 0.275 e. The summed E-state index contributed by atoms with van der Waals surface area (Å²) in [4.78, 5) is 27.5. The number of aromatic nitrogens is 4. The lowest BCUT2D eigenvalue weighted by Gasteiger charge is -2.20. The molecule has 0 unspecified atom stereocenters. The van der Waals surface area contributed by atoms with Crippen LogP contribution < -0.4 is 5.56 Å². The Morgan fingerprint density at radius 3 is 2.71 bits per heavy atom.